The molecule has 0 aromatic carbocycles. The van der Waals surface area contributed by atoms with E-state index < -0.39 is 0 Å². The van der Waals surface area contributed by atoms with Crippen LogP contribution in [0.5, 0.6) is 0 Å². The van der Waals surface area contributed by atoms with Crippen LogP contribution < -0.4 is 5.73 Å². The van der Waals surface area contributed by atoms with Gasteiger partial charge in [0.25, 0.3) is 0 Å². The molecule has 0 radical (unpaired) electrons. The van der Waals surface area contributed by atoms with Crippen LogP contribution in [0.15, 0.2) is 21.9 Å². The van der Waals surface area contributed by atoms with Crippen molar-refractivity contribution >= 4 is 11.3 Å². The summed E-state index contributed by atoms with van der Waals surface area (Å²) in [6.45, 7) is 3.85. The Kier molecular flexibility index (Phi) is 2.54. The first kappa shape index (κ1) is 11.0. The maximum Gasteiger partial charge on any atom is 0.162 e. The number of rotatable bonds is 3. The van der Waals surface area contributed by atoms with E-state index >= 15 is 0 Å². The van der Waals surface area contributed by atoms with Crippen molar-refractivity contribution < 1.29 is 9.15 Å². The Bertz CT molecular complexity index is 523. The van der Waals surface area contributed by atoms with Gasteiger partial charge in [0, 0.05) is 11.9 Å². The fourth-order valence-electron chi connectivity index (χ4n) is 1.90. The van der Waals surface area contributed by atoms with Gasteiger partial charge in [-0.3, -0.25) is 0 Å². The monoisotopic (exact) mass is 250 g/mol. The van der Waals surface area contributed by atoms with Crippen LogP contribution in [0.1, 0.15) is 11.5 Å². The Labute approximate surface area is 103 Å². The van der Waals surface area contributed by atoms with Gasteiger partial charge in [0.05, 0.1) is 24.3 Å². The molecule has 2 aromatic heterocycles. The van der Waals surface area contributed by atoms with Crippen molar-refractivity contribution in [2.45, 2.75) is 12.3 Å². The second-order valence-corrected chi connectivity index (χ2v) is 5.28. The van der Waals surface area contributed by atoms with E-state index in [9.17, 15) is 0 Å². The minimum absolute atomic E-state index is 0.0730. The minimum atomic E-state index is -0.0730. The normalized spacial score (nSPS) is 18.0. The van der Waals surface area contributed by atoms with E-state index in [1.54, 1.807) is 11.3 Å². The SMILES string of the molecule is Cc1ccc(-c2nc(C3(CN)COC3)cs2)o1. The summed E-state index contributed by atoms with van der Waals surface area (Å²) in [5.41, 5.74) is 6.77. The molecule has 0 bridgehead atoms. The first-order chi connectivity index (χ1) is 8.23. The number of aromatic nitrogens is 1. The number of hydrogen-bond acceptors (Lipinski definition) is 5. The van der Waals surface area contributed by atoms with Crippen LogP contribution in [0.2, 0.25) is 0 Å². The highest BCUT2D eigenvalue weighted by atomic mass is 32.1. The van der Waals surface area contributed by atoms with Gasteiger partial charge in [-0.2, -0.15) is 0 Å². The first-order valence-corrected chi connectivity index (χ1v) is 6.42. The standard InChI is InChI=1S/C12H14N2O2S/c1-8-2-3-9(16-8)11-14-10(4-17-11)12(5-13)6-15-7-12/h2-4H,5-7,13H2,1H3. The molecule has 4 nitrogen and oxygen atoms in total. The zero-order chi connectivity index (χ0) is 11.9. The van der Waals surface area contributed by atoms with Crippen LogP contribution >= 0.6 is 11.3 Å². The molecule has 3 rings (SSSR count). The van der Waals surface area contributed by atoms with Crippen LogP contribution in [-0.2, 0) is 10.2 Å². The molecule has 1 fully saturated rings. The lowest BCUT2D eigenvalue weighted by atomic mass is 9.83. The third kappa shape index (κ3) is 1.71. The summed E-state index contributed by atoms with van der Waals surface area (Å²) in [6, 6.07) is 3.89. The number of thiazole rings is 1. The van der Waals surface area contributed by atoms with Gasteiger partial charge in [-0.1, -0.05) is 0 Å². The Hall–Kier alpha value is -1.17. The predicted molar refractivity (Wildman–Crippen MR) is 66.1 cm³/mol. The van der Waals surface area contributed by atoms with Gasteiger partial charge in [0.15, 0.2) is 10.8 Å². The Morgan fingerprint density at radius 3 is 2.82 bits per heavy atom. The molecular formula is C12H14N2O2S. The number of nitrogens with two attached hydrogens (primary N) is 1. The molecule has 0 unspecified atom stereocenters. The molecule has 0 aliphatic carbocycles. The van der Waals surface area contributed by atoms with Crippen molar-refractivity contribution in [2.75, 3.05) is 19.8 Å². The van der Waals surface area contributed by atoms with Gasteiger partial charge in [0.2, 0.25) is 0 Å². The quantitative estimate of drug-likeness (QED) is 0.904. The van der Waals surface area contributed by atoms with Crippen LogP contribution in [0.25, 0.3) is 10.8 Å². The number of nitrogens with zero attached hydrogens (tertiary/aromatic N) is 1. The summed E-state index contributed by atoms with van der Waals surface area (Å²) in [5, 5.41) is 2.97. The summed E-state index contributed by atoms with van der Waals surface area (Å²) in [7, 11) is 0. The molecule has 1 saturated heterocycles. The average Bonchev–Trinajstić information content (AvgIpc) is 2.86. The zero-order valence-electron chi connectivity index (χ0n) is 9.60. The van der Waals surface area contributed by atoms with Crippen molar-refractivity contribution in [1.29, 1.82) is 0 Å². The van der Waals surface area contributed by atoms with Gasteiger partial charge < -0.3 is 14.9 Å². The number of hydrogen-bond donors (Lipinski definition) is 1. The summed E-state index contributed by atoms with van der Waals surface area (Å²) >= 11 is 1.59. The lowest BCUT2D eigenvalue weighted by Gasteiger charge is -2.39. The summed E-state index contributed by atoms with van der Waals surface area (Å²) in [4.78, 5) is 4.62. The smallest absolute Gasteiger partial charge is 0.162 e. The largest absolute Gasteiger partial charge is 0.459 e. The van der Waals surface area contributed by atoms with Crippen molar-refractivity contribution in [3.05, 3.63) is 29.0 Å². The topological polar surface area (TPSA) is 61.3 Å². The highest BCUT2D eigenvalue weighted by Crippen LogP contribution is 2.35. The molecule has 2 N–H and O–H groups in total. The van der Waals surface area contributed by atoms with Crippen molar-refractivity contribution in [3.63, 3.8) is 0 Å². The van der Waals surface area contributed by atoms with E-state index in [2.05, 4.69) is 10.4 Å². The molecular weight excluding hydrogens is 236 g/mol. The highest BCUT2D eigenvalue weighted by Gasteiger charge is 2.41. The van der Waals surface area contributed by atoms with E-state index in [0.717, 1.165) is 22.2 Å². The Morgan fingerprint density at radius 2 is 2.29 bits per heavy atom. The van der Waals surface area contributed by atoms with Crippen LogP contribution in [0.3, 0.4) is 0 Å². The summed E-state index contributed by atoms with van der Waals surface area (Å²) in [6.07, 6.45) is 0. The molecule has 90 valence electrons. The molecule has 0 saturated carbocycles. The molecule has 2 aromatic rings. The molecule has 0 atom stereocenters. The van der Waals surface area contributed by atoms with Crippen molar-refractivity contribution in [1.82, 2.24) is 4.98 Å². The van der Waals surface area contributed by atoms with E-state index in [1.807, 2.05) is 19.1 Å². The maximum atomic E-state index is 5.81. The summed E-state index contributed by atoms with van der Waals surface area (Å²) in [5.74, 6) is 1.73. The minimum Gasteiger partial charge on any atom is -0.459 e. The number of aryl methyl sites for hydroxylation is 1. The fraction of sp³-hybridized carbons (Fsp3) is 0.417. The molecule has 0 spiro atoms. The fourth-order valence-corrected chi connectivity index (χ4v) is 2.80. The number of furan rings is 1. The molecule has 17 heavy (non-hydrogen) atoms. The average molecular weight is 250 g/mol. The lowest BCUT2D eigenvalue weighted by molar-refractivity contribution is -0.0568. The van der Waals surface area contributed by atoms with Gasteiger partial charge in [0.1, 0.15) is 5.76 Å². The second kappa shape index (κ2) is 3.94. The highest BCUT2D eigenvalue weighted by molar-refractivity contribution is 7.13. The lowest BCUT2D eigenvalue weighted by Crippen LogP contribution is -2.52. The molecule has 0 amide bonds. The van der Waals surface area contributed by atoms with Crippen LogP contribution in [0, 0.1) is 6.92 Å². The van der Waals surface area contributed by atoms with Crippen LogP contribution in [-0.4, -0.2) is 24.7 Å². The van der Waals surface area contributed by atoms with Gasteiger partial charge in [-0.05, 0) is 19.1 Å². The predicted octanol–water partition coefficient (Wildman–Crippen LogP) is 1.94. The van der Waals surface area contributed by atoms with Crippen LogP contribution in [0.4, 0.5) is 0 Å². The zero-order valence-corrected chi connectivity index (χ0v) is 10.4. The van der Waals surface area contributed by atoms with E-state index in [0.29, 0.717) is 19.8 Å². The van der Waals surface area contributed by atoms with E-state index in [1.165, 1.54) is 0 Å². The molecule has 1 aliphatic rings. The van der Waals surface area contributed by atoms with Crippen molar-refractivity contribution in [2.24, 2.45) is 5.73 Å². The third-order valence-corrected chi connectivity index (χ3v) is 4.00. The van der Waals surface area contributed by atoms with E-state index in [-0.39, 0.29) is 5.41 Å². The molecule has 5 heteroatoms. The van der Waals surface area contributed by atoms with E-state index in [4.69, 9.17) is 14.9 Å². The summed E-state index contributed by atoms with van der Waals surface area (Å²) < 4.78 is 10.8. The van der Waals surface area contributed by atoms with Crippen molar-refractivity contribution in [3.8, 4) is 10.8 Å². The molecule has 3 heterocycles. The third-order valence-electron chi connectivity index (χ3n) is 3.15. The van der Waals surface area contributed by atoms with Gasteiger partial charge in [-0.25, -0.2) is 4.98 Å². The molecule has 1 aliphatic heterocycles. The second-order valence-electron chi connectivity index (χ2n) is 4.43. The van der Waals surface area contributed by atoms with Gasteiger partial charge >= 0.3 is 0 Å². The Morgan fingerprint density at radius 1 is 1.47 bits per heavy atom. The maximum absolute atomic E-state index is 5.81. The van der Waals surface area contributed by atoms with Gasteiger partial charge in [-0.15, -0.1) is 11.3 Å². The number of ether oxygens (including phenoxy) is 1. The Balaban J connectivity index is 1.92. The first-order valence-electron chi connectivity index (χ1n) is 5.54.